The van der Waals surface area contributed by atoms with Gasteiger partial charge in [0.2, 0.25) is 0 Å². The lowest BCUT2D eigenvalue weighted by molar-refractivity contribution is -0.138. The molecule has 1 heterocycles. The van der Waals surface area contributed by atoms with Gasteiger partial charge >= 0.3 is 6.18 Å². The van der Waals surface area contributed by atoms with Crippen LogP contribution in [-0.2, 0) is 0 Å². The molecule has 0 saturated heterocycles. The molecule has 17 heavy (non-hydrogen) atoms. The van der Waals surface area contributed by atoms with Crippen molar-refractivity contribution in [2.45, 2.75) is 6.18 Å². The van der Waals surface area contributed by atoms with Gasteiger partial charge in [0.05, 0.1) is 0 Å². The number of amides is 1. The Morgan fingerprint density at radius 1 is 1.47 bits per heavy atom. The van der Waals surface area contributed by atoms with Gasteiger partial charge in [-0.25, -0.2) is 5.84 Å². The summed E-state index contributed by atoms with van der Waals surface area (Å²) in [6, 6.07) is 2.57. The van der Waals surface area contributed by atoms with Crippen molar-refractivity contribution in [3.8, 4) is 0 Å². The minimum Gasteiger partial charge on any atom is -0.331 e. The van der Waals surface area contributed by atoms with Crippen LogP contribution in [0.25, 0.3) is 0 Å². The summed E-state index contributed by atoms with van der Waals surface area (Å²) in [4.78, 5) is 12.0. The zero-order valence-corrected chi connectivity index (χ0v) is 8.82. The Kier molecular flexibility index (Phi) is 3.84. The summed E-state index contributed by atoms with van der Waals surface area (Å²) in [5, 5.41) is 6.93. The van der Waals surface area contributed by atoms with E-state index in [1.54, 1.807) is 0 Å². The number of alkyl halides is 3. The third-order valence-corrected chi connectivity index (χ3v) is 1.79. The minimum absolute atomic E-state index is 0.184. The van der Waals surface area contributed by atoms with Gasteiger partial charge in [-0.1, -0.05) is 0 Å². The fourth-order valence-corrected chi connectivity index (χ4v) is 1.06. The minimum atomic E-state index is -4.45. The second-order valence-electron chi connectivity index (χ2n) is 3.22. The van der Waals surface area contributed by atoms with Crippen molar-refractivity contribution in [2.75, 3.05) is 19.0 Å². The molecule has 1 rings (SSSR count). The van der Waals surface area contributed by atoms with Crippen LogP contribution in [0.1, 0.15) is 10.5 Å². The highest BCUT2D eigenvalue weighted by atomic mass is 19.4. The van der Waals surface area contributed by atoms with Crippen LogP contribution in [0.3, 0.4) is 0 Å². The number of rotatable bonds is 3. The van der Waals surface area contributed by atoms with Crippen molar-refractivity contribution in [3.63, 3.8) is 0 Å². The van der Waals surface area contributed by atoms with E-state index in [1.165, 1.54) is 12.1 Å². The van der Waals surface area contributed by atoms with Crippen LogP contribution in [0.4, 0.5) is 19.0 Å². The maximum absolute atomic E-state index is 12.0. The number of hydrazine groups is 1. The van der Waals surface area contributed by atoms with E-state index in [0.29, 0.717) is 4.90 Å². The fraction of sp³-hybridized carbons (Fsp3) is 0.375. The Balaban J connectivity index is 2.75. The highest BCUT2D eigenvalue weighted by Gasteiger charge is 2.31. The zero-order valence-electron chi connectivity index (χ0n) is 8.82. The Bertz CT molecular complexity index is 391. The molecule has 6 nitrogen and oxygen atoms in total. The van der Waals surface area contributed by atoms with Gasteiger partial charge in [0.25, 0.3) is 5.91 Å². The van der Waals surface area contributed by atoms with Gasteiger partial charge in [-0.2, -0.15) is 13.2 Å². The normalized spacial score (nSPS) is 11.1. The van der Waals surface area contributed by atoms with Crippen molar-refractivity contribution >= 4 is 11.7 Å². The highest BCUT2D eigenvalue weighted by Crippen LogP contribution is 2.16. The molecule has 0 saturated carbocycles. The first kappa shape index (κ1) is 13.2. The average molecular weight is 249 g/mol. The van der Waals surface area contributed by atoms with Gasteiger partial charge in [-0.05, 0) is 12.1 Å². The summed E-state index contributed by atoms with van der Waals surface area (Å²) in [7, 11) is 1.03. The van der Waals surface area contributed by atoms with Crippen molar-refractivity contribution in [1.82, 2.24) is 15.1 Å². The van der Waals surface area contributed by atoms with Gasteiger partial charge in [-0.3, -0.25) is 4.79 Å². The number of anilines is 1. The first-order valence-corrected chi connectivity index (χ1v) is 4.46. The number of nitrogens with one attached hydrogen (secondary N) is 1. The molecule has 0 atom stereocenters. The molecule has 1 aromatic rings. The van der Waals surface area contributed by atoms with Gasteiger partial charge in [0, 0.05) is 7.05 Å². The molecule has 0 bridgehead atoms. The molecular formula is C8H10F3N5O. The molecule has 0 unspecified atom stereocenters. The molecule has 3 N–H and O–H groups in total. The predicted molar refractivity (Wildman–Crippen MR) is 52.9 cm³/mol. The number of aromatic nitrogens is 2. The van der Waals surface area contributed by atoms with Crippen molar-refractivity contribution in [1.29, 1.82) is 0 Å². The molecule has 0 spiro atoms. The van der Waals surface area contributed by atoms with E-state index < -0.39 is 18.6 Å². The molecule has 0 aromatic carbocycles. The molecule has 0 aliphatic heterocycles. The highest BCUT2D eigenvalue weighted by molar-refractivity contribution is 5.92. The van der Waals surface area contributed by atoms with Crippen LogP contribution in [-0.4, -0.2) is 40.8 Å². The average Bonchev–Trinajstić information content (AvgIpc) is 2.26. The van der Waals surface area contributed by atoms with Gasteiger partial charge in [0.1, 0.15) is 6.54 Å². The van der Waals surface area contributed by atoms with Crippen molar-refractivity contribution in [2.24, 2.45) is 5.84 Å². The van der Waals surface area contributed by atoms with E-state index in [4.69, 9.17) is 5.84 Å². The second kappa shape index (κ2) is 4.95. The Morgan fingerprint density at radius 3 is 2.53 bits per heavy atom. The lowest BCUT2D eigenvalue weighted by atomic mass is 10.3. The Hall–Kier alpha value is -1.90. The number of nitrogens with two attached hydrogens (primary N) is 1. The smallest absolute Gasteiger partial charge is 0.331 e. The van der Waals surface area contributed by atoms with E-state index in [-0.39, 0.29) is 11.5 Å². The molecule has 1 amide bonds. The molecule has 0 aliphatic carbocycles. The van der Waals surface area contributed by atoms with Gasteiger partial charge in [0.15, 0.2) is 11.5 Å². The second-order valence-corrected chi connectivity index (χ2v) is 3.22. The van der Waals surface area contributed by atoms with Crippen LogP contribution in [0.5, 0.6) is 0 Å². The SMILES string of the molecule is CN(CC(F)(F)F)C(=O)c1ccc(NN)nn1. The molecular weight excluding hydrogens is 239 g/mol. The summed E-state index contributed by atoms with van der Waals surface area (Å²) >= 11 is 0. The molecule has 0 fully saturated rings. The first-order chi connectivity index (χ1) is 7.83. The maximum Gasteiger partial charge on any atom is 0.406 e. The quantitative estimate of drug-likeness (QED) is 0.598. The summed E-state index contributed by atoms with van der Waals surface area (Å²) in [5.74, 6) is 4.37. The predicted octanol–water partition coefficient (Wildman–Crippen LogP) is 0.397. The van der Waals surface area contributed by atoms with Crippen molar-refractivity contribution < 1.29 is 18.0 Å². The molecule has 9 heteroatoms. The number of carbonyl (C=O) groups excluding carboxylic acids is 1. The number of nitrogens with zero attached hydrogens (tertiary/aromatic N) is 3. The summed E-state index contributed by atoms with van der Waals surface area (Å²) < 4.78 is 36.1. The number of hydrogen-bond donors (Lipinski definition) is 2. The van der Waals surface area contributed by atoms with E-state index in [9.17, 15) is 18.0 Å². The first-order valence-electron chi connectivity index (χ1n) is 4.46. The van der Waals surface area contributed by atoms with Crippen LogP contribution in [0.2, 0.25) is 0 Å². The number of carbonyl (C=O) groups is 1. The lowest BCUT2D eigenvalue weighted by Gasteiger charge is -2.18. The van der Waals surface area contributed by atoms with E-state index in [2.05, 4.69) is 15.6 Å². The standard InChI is InChI=1S/C8H10F3N5O/c1-16(4-8(9,10)11)7(17)5-2-3-6(13-12)15-14-5/h2-3H,4,12H2,1H3,(H,13,15). The van der Waals surface area contributed by atoms with E-state index >= 15 is 0 Å². The fourth-order valence-electron chi connectivity index (χ4n) is 1.06. The van der Waals surface area contributed by atoms with E-state index in [1.807, 2.05) is 0 Å². The van der Waals surface area contributed by atoms with Crippen LogP contribution in [0.15, 0.2) is 12.1 Å². The molecule has 94 valence electrons. The molecule has 0 radical (unpaired) electrons. The van der Waals surface area contributed by atoms with Gasteiger partial charge in [-0.15, -0.1) is 10.2 Å². The van der Waals surface area contributed by atoms with Crippen molar-refractivity contribution in [3.05, 3.63) is 17.8 Å². The Morgan fingerprint density at radius 2 is 2.12 bits per heavy atom. The summed E-state index contributed by atoms with van der Waals surface area (Å²) in [6.07, 6.45) is -4.45. The number of halogens is 3. The molecule has 1 aromatic heterocycles. The zero-order chi connectivity index (χ0) is 13.1. The maximum atomic E-state index is 12.0. The third-order valence-electron chi connectivity index (χ3n) is 1.79. The van der Waals surface area contributed by atoms with Crippen LogP contribution < -0.4 is 11.3 Å². The van der Waals surface area contributed by atoms with Crippen LogP contribution >= 0.6 is 0 Å². The molecule has 0 aliphatic rings. The third kappa shape index (κ3) is 3.87. The topological polar surface area (TPSA) is 84.1 Å². The largest absolute Gasteiger partial charge is 0.406 e. The van der Waals surface area contributed by atoms with E-state index in [0.717, 1.165) is 7.05 Å². The summed E-state index contributed by atoms with van der Waals surface area (Å²) in [5.41, 5.74) is 2.00. The lowest BCUT2D eigenvalue weighted by Crippen LogP contribution is -2.36. The number of nitrogen functional groups attached to an aromatic ring is 1. The summed E-state index contributed by atoms with van der Waals surface area (Å²) in [6.45, 7) is -1.34. The van der Waals surface area contributed by atoms with Gasteiger partial charge < -0.3 is 10.3 Å². The monoisotopic (exact) mass is 249 g/mol. The number of hydrogen-bond acceptors (Lipinski definition) is 5. The van der Waals surface area contributed by atoms with Crippen LogP contribution in [0, 0.1) is 0 Å². The Labute approximate surface area is 94.6 Å².